The third-order valence-corrected chi connectivity index (χ3v) is 13.3. The number of rotatable bonds is 42. The van der Waals surface area contributed by atoms with Crippen molar-refractivity contribution in [2.45, 2.75) is 231 Å². The molecule has 2 atom stereocenters. The van der Waals surface area contributed by atoms with Gasteiger partial charge in [0.05, 0.1) is 13.2 Å². The van der Waals surface area contributed by atoms with Crippen molar-refractivity contribution < 1.29 is 38.9 Å². The second-order valence-corrected chi connectivity index (χ2v) is 19.6. The van der Waals surface area contributed by atoms with Gasteiger partial charge in [-0.3, -0.25) is 9.59 Å². The van der Waals surface area contributed by atoms with Crippen LogP contribution in [-0.4, -0.2) is 59.3 Å². The van der Waals surface area contributed by atoms with Gasteiger partial charge in [-0.25, -0.2) is 9.59 Å². The Morgan fingerprint density at radius 3 is 0.871 bits per heavy atom. The molecule has 0 bridgehead atoms. The van der Waals surface area contributed by atoms with Crippen molar-refractivity contribution in [3.8, 4) is 11.5 Å². The van der Waals surface area contributed by atoms with Crippen molar-refractivity contribution in [1.82, 2.24) is 10.6 Å². The molecule has 0 fully saturated rings. The Hall–Kier alpha value is -4.86. The van der Waals surface area contributed by atoms with E-state index in [0.717, 1.165) is 49.7 Å². The summed E-state index contributed by atoms with van der Waals surface area (Å²) in [6, 6.07) is 17.0. The maximum Gasteiger partial charge on any atom is 0.328 e. The fourth-order valence-electron chi connectivity index (χ4n) is 8.87. The van der Waals surface area contributed by atoms with Gasteiger partial charge in [0.1, 0.15) is 23.6 Å². The van der Waals surface area contributed by atoms with Crippen LogP contribution in [0.25, 0.3) is 0 Å². The Kier molecular flexibility index (Phi) is 33.0. The Morgan fingerprint density at radius 2 is 0.614 bits per heavy atom. The molecule has 4 N–H and O–H groups in total. The second-order valence-electron chi connectivity index (χ2n) is 19.6. The molecule has 10 nitrogen and oxygen atoms in total. The summed E-state index contributed by atoms with van der Waals surface area (Å²) in [4.78, 5) is 53.9. The quantitative estimate of drug-likeness (QED) is 0.0324. The van der Waals surface area contributed by atoms with Crippen LogP contribution >= 0.6 is 0 Å². The molecule has 390 valence electrons. The van der Waals surface area contributed by atoms with E-state index in [2.05, 4.69) is 24.5 Å². The molecule has 2 unspecified atom stereocenters. The van der Waals surface area contributed by atoms with Crippen LogP contribution in [0.15, 0.2) is 72.8 Å². The van der Waals surface area contributed by atoms with Gasteiger partial charge < -0.3 is 30.3 Å². The lowest BCUT2D eigenvalue weighted by atomic mass is 10.0. The molecule has 0 aromatic heterocycles. The van der Waals surface area contributed by atoms with Crippen LogP contribution in [0.1, 0.15) is 238 Å². The highest BCUT2D eigenvalue weighted by molar-refractivity contribution is 6.00. The number of benzene rings is 3. The first-order valence-corrected chi connectivity index (χ1v) is 27.8. The number of carbonyl (C=O) groups is 4. The Balaban J connectivity index is 1.43. The molecule has 70 heavy (non-hydrogen) atoms. The summed E-state index contributed by atoms with van der Waals surface area (Å²) in [5.74, 6) is -1.88. The molecule has 3 aromatic rings. The smallest absolute Gasteiger partial charge is 0.328 e. The van der Waals surface area contributed by atoms with E-state index in [9.17, 15) is 29.4 Å². The summed E-state index contributed by atoms with van der Waals surface area (Å²) < 4.78 is 11.4. The molecule has 0 saturated heterocycles. The fourth-order valence-corrected chi connectivity index (χ4v) is 8.87. The van der Waals surface area contributed by atoms with Gasteiger partial charge in [0.15, 0.2) is 0 Å². The van der Waals surface area contributed by atoms with Crippen molar-refractivity contribution in [3.63, 3.8) is 0 Å². The molecule has 0 aliphatic carbocycles. The van der Waals surface area contributed by atoms with Gasteiger partial charge in [-0.05, 0) is 72.5 Å². The molecule has 3 aromatic carbocycles. The minimum absolute atomic E-state index is 0.100. The third-order valence-electron chi connectivity index (χ3n) is 13.3. The van der Waals surface area contributed by atoms with Crippen LogP contribution in [0.5, 0.6) is 11.5 Å². The molecule has 10 heteroatoms. The van der Waals surface area contributed by atoms with E-state index in [4.69, 9.17) is 9.47 Å². The van der Waals surface area contributed by atoms with Crippen molar-refractivity contribution in [1.29, 1.82) is 0 Å². The van der Waals surface area contributed by atoms with Crippen molar-refractivity contribution >= 4 is 23.8 Å². The first-order valence-electron chi connectivity index (χ1n) is 27.8. The lowest BCUT2D eigenvalue weighted by Crippen LogP contribution is -2.44. The number of hydrogen-bond donors (Lipinski definition) is 4. The molecular weight excluding hydrogens is 877 g/mol. The third kappa shape index (κ3) is 28.1. The highest BCUT2D eigenvalue weighted by Gasteiger charge is 2.26. The van der Waals surface area contributed by atoms with Crippen LogP contribution in [0, 0.1) is 0 Å². The molecule has 2 amide bonds. The summed E-state index contributed by atoms with van der Waals surface area (Å²) in [7, 11) is 0. The van der Waals surface area contributed by atoms with Crippen LogP contribution < -0.4 is 10.6 Å². The maximum absolute atomic E-state index is 13.6. The van der Waals surface area contributed by atoms with E-state index < -0.39 is 35.8 Å². The zero-order valence-corrected chi connectivity index (χ0v) is 43.5. The second kappa shape index (κ2) is 38.8. The highest BCUT2D eigenvalue weighted by atomic mass is 16.5. The van der Waals surface area contributed by atoms with E-state index >= 15 is 0 Å². The van der Waals surface area contributed by atoms with Crippen LogP contribution in [-0.2, 0) is 31.9 Å². The van der Waals surface area contributed by atoms with Crippen molar-refractivity contribution in [2.75, 3.05) is 13.2 Å². The number of phenolic OH excluding ortho intramolecular Hbond substituents is 2. The van der Waals surface area contributed by atoms with Crippen LogP contribution in [0.3, 0.4) is 0 Å². The lowest BCUT2D eigenvalue weighted by molar-refractivity contribution is -0.146. The molecule has 0 saturated carbocycles. The average Bonchev–Trinajstić information content (AvgIpc) is 3.36. The van der Waals surface area contributed by atoms with E-state index in [-0.39, 0.29) is 48.7 Å². The fraction of sp³-hybridized carbons (Fsp3) is 0.633. The van der Waals surface area contributed by atoms with Gasteiger partial charge in [-0.15, -0.1) is 0 Å². The standard InChI is InChI=1S/C60H92N2O8/c1-3-5-7-9-11-13-15-17-19-21-23-25-27-29-31-45-69-59(67)55(47-49-33-41-53(63)42-34-49)61-57(65)51-37-39-52(40-38-51)58(66)62-56(48-50-35-43-54(64)44-36-50)60(68)70-46-32-30-28-26-24-22-20-18-16-14-12-10-8-6-4-2/h33-44,55-56,63-64H,3-32,45-48H2,1-2H3,(H,61,65)(H,62,66). The topological polar surface area (TPSA) is 151 Å². The van der Waals surface area contributed by atoms with Gasteiger partial charge in [-0.2, -0.15) is 0 Å². The molecule has 0 spiro atoms. The highest BCUT2D eigenvalue weighted by Crippen LogP contribution is 2.18. The lowest BCUT2D eigenvalue weighted by Gasteiger charge is -2.19. The molecule has 0 heterocycles. The van der Waals surface area contributed by atoms with Crippen LogP contribution in [0.2, 0.25) is 0 Å². The maximum atomic E-state index is 13.6. The number of unbranched alkanes of at least 4 members (excludes halogenated alkanes) is 28. The Morgan fingerprint density at radius 1 is 0.371 bits per heavy atom. The number of carbonyl (C=O) groups excluding carboxylic acids is 4. The molecule has 0 aliphatic heterocycles. The molecule has 0 radical (unpaired) electrons. The van der Waals surface area contributed by atoms with E-state index in [1.807, 2.05) is 0 Å². The van der Waals surface area contributed by atoms with Crippen molar-refractivity contribution in [3.05, 3.63) is 95.1 Å². The van der Waals surface area contributed by atoms with E-state index in [1.165, 1.54) is 203 Å². The summed E-state index contributed by atoms with van der Waals surface area (Å²) in [6.45, 7) is 5.05. The number of ether oxygens (including phenoxy) is 2. The van der Waals surface area contributed by atoms with Gasteiger partial charge in [0.2, 0.25) is 0 Å². The summed E-state index contributed by atoms with van der Waals surface area (Å²) >= 11 is 0. The average molecular weight is 969 g/mol. The number of amides is 2. The summed E-state index contributed by atoms with van der Waals surface area (Å²) in [5, 5.41) is 25.3. The minimum atomic E-state index is -0.975. The van der Waals surface area contributed by atoms with E-state index in [1.54, 1.807) is 24.3 Å². The number of esters is 2. The molecular formula is C60H92N2O8. The SMILES string of the molecule is CCCCCCCCCCCCCCCCCOC(=O)C(Cc1ccc(O)cc1)NC(=O)c1ccc(C(=O)NC(Cc2ccc(O)cc2)C(=O)OCCCCCCCCCCCCCCCCC)cc1. The predicted molar refractivity (Wildman–Crippen MR) is 284 cm³/mol. The van der Waals surface area contributed by atoms with Gasteiger partial charge >= 0.3 is 11.9 Å². The summed E-state index contributed by atoms with van der Waals surface area (Å²) in [6.07, 6.45) is 37.6. The van der Waals surface area contributed by atoms with Crippen LogP contribution in [0.4, 0.5) is 0 Å². The van der Waals surface area contributed by atoms with Gasteiger partial charge in [0, 0.05) is 24.0 Å². The normalized spacial score (nSPS) is 12.0. The van der Waals surface area contributed by atoms with E-state index in [0.29, 0.717) is 0 Å². The number of nitrogens with one attached hydrogen (secondary N) is 2. The zero-order valence-electron chi connectivity index (χ0n) is 43.5. The monoisotopic (exact) mass is 969 g/mol. The zero-order chi connectivity index (χ0) is 50.3. The minimum Gasteiger partial charge on any atom is -0.508 e. The van der Waals surface area contributed by atoms with Gasteiger partial charge in [-0.1, -0.05) is 218 Å². The first kappa shape index (κ1) is 59.4. The van der Waals surface area contributed by atoms with Gasteiger partial charge in [0.25, 0.3) is 11.8 Å². The Labute approximate surface area is 422 Å². The Bertz CT molecular complexity index is 1680. The molecule has 3 rings (SSSR count). The number of phenols is 2. The van der Waals surface area contributed by atoms with Crippen molar-refractivity contribution in [2.24, 2.45) is 0 Å². The first-order chi connectivity index (χ1) is 34.2. The summed E-state index contributed by atoms with van der Waals surface area (Å²) in [5.41, 5.74) is 1.97. The largest absolute Gasteiger partial charge is 0.508 e. The number of hydrogen-bond acceptors (Lipinski definition) is 8. The molecule has 0 aliphatic rings. The number of aromatic hydroxyl groups is 2. The predicted octanol–water partition coefficient (Wildman–Crippen LogP) is 14.6.